The summed E-state index contributed by atoms with van der Waals surface area (Å²) in [7, 11) is -3.73. The van der Waals surface area contributed by atoms with Gasteiger partial charge < -0.3 is 10.4 Å². The molecular weight excluding hydrogens is 304 g/mol. The molecule has 0 saturated carbocycles. The summed E-state index contributed by atoms with van der Waals surface area (Å²) in [5, 5.41) is 13.4. The van der Waals surface area contributed by atoms with Gasteiger partial charge in [-0.3, -0.25) is 4.79 Å². The molecule has 2 N–H and O–H groups in total. The number of rotatable bonds is 3. The molecule has 3 rings (SSSR count). The lowest BCUT2D eigenvalue weighted by molar-refractivity contribution is -0.140. The summed E-state index contributed by atoms with van der Waals surface area (Å²) in [5.74, 6) is -1.04. The monoisotopic (exact) mass is 320 g/mol. The summed E-state index contributed by atoms with van der Waals surface area (Å²) >= 11 is 0. The first-order chi connectivity index (χ1) is 10.5. The second-order valence-corrected chi connectivity index (χ2v) is 7.09. The zero-order valence-corrected chi connectivity index (χ0v) is 12.6. The standard InChI is InChI=1S/C15H16N2O4S/c18-15(19)13-10-17(9-8-16-13)22(20,21)14-7-3-5-11-4-1-2-6-12(11)14/h1-7,13,16H,8-10H2,(H,18,19). The van der Waals surface area contributed by atoms with Crippen LogP contribution in [-0.2, 0) is 14.8 Å². The van der Waals surface area contributed by atoms with Crippen molar-refractivity contribution in [1.29, 1.82) is 0 Å². The number of carboxylic acids is 1. The maximum atomic E-state index is 12.9. The highest BCUT2D eigenvalue weighted by Crippen LogP contribution is 2.26. The molecule has 22 heavy (non-hydrogen) atoms. The molecule has 0 aromatic heterocycles. The fraction of sp³-hybridized carbons (Fsp3) is 0.267. The molecule has 1 fully saturated rings. The van der Waals surface area contributed by atoms with Crippen LogP contribution < -0.4 is 5.32 Å². The van der Waals surface area contributed by atoms with Gasteiger partial charge in [0.05, 0.1) is 4.90 Å². The molecule has 0 radical (unpaired) electrons. The first-order valence-corrected chi connectivity index (χ1v) is 8.38. The summed E-state index contributed by atoms with van der Waals surface area (Å²) in [6.45, 7) is 0.511. The van der Waals surface area contributed by atoms with Crippen molar-refractivity contribution < 1.29 is 18.3 Å². The predicted molar refractivity (Wildman–Crippen MR) is 82.1 cm³/mol. The number of hydrogen-bond donors (Lipinski definition) is 2. The van der Waals surface area contributed by atoms with E-state index in [4.69, 9.17) is 5.11 Å². The minimum atomic E-state index is -3.73. The molecule has 0 aliphatic carbocycles. The number of carboxylic acid groups (broad SMARTS) is 1. The van der Waals surface area contributed by atoms with Gasteiger partial charge in [0.25, 0.3) is 0 Å². The van der Waals surface area contributed by atoms with Gasteiger partial charge in [0.2, 0.25) is 10.0 Å². The Kier molecular flexibility index (Phi) is 3.86. The summed E-state index contributed by atoms with van der Waals surface area (Å²) in [5.41, 5.74) is 0. The molecule has 7 heteroatoms. The van der Waals surface area contributed by atoms with E-state index in [-0.39, 0.29) is 18.0 Å². The molecule has 0 spiro atoms. The Morgan fingerprint density at radius 1 is 1.18 bits per heavy atom. The maximum absolute atomic E-state index is 12.9. The average Bonchev–Trinajstić information content (AvgIpc) is 2.54. The van der Waals surface area contributed by atoms with Crippen molar-refractivity contribution in [2.45, 2.75) is 10.9 Å². The zero-order chi connectivity index (χ0) is 15.7. The maximum Gasteiger partial charge on any atom is 0.322 e. The van der Waals surface area contributed by atoms with E-state index in [1.54, 1.807) is 24.3 Å². The average molecular weight is 320 g/mol. The minimum absolute atomic E-state index is 0.0686. The van der Waals surface area contributed by atoms with E-state index in [1.165, 1.54) is 4.31 Å². The molecule has 1 aliphatic heterocycles. The molecular formula is C15H16N2O4S. The van der Waals surface area contributed by atoms with Gasteiger partial charge in [-0.25, -0.2) is 8.42 Å². The molecule has 0 bridgehead atoms. The van der Waals surface area contributed by atoms with Gasteiger partial charge in [0.15, 0.2) is 0 Å². The lowest BCUT2D eigenvalue weighted by atomic mass is 10.1. The lowest BCUT2D eigenvalue weighted by Crippen LogP contribution is -2.55. The van der Waals surface area contributed by atoms with Crippen molar-refractivity contribution in [2.75, 3.05) is 19.6 Å². The van der Waals surface area contributed by atoms with Crippen LogP contribution in [0.4, 0.5) is 0 Å². The van der Waals surface area contributed by atoms with Crippen LogP contribution in [0.1, 0.15) is 0 Å². The summed E-state index contributed by atoms with van der Waals surface area (Å²) < 4.78 is 27.0. The molecule has 2 aromatic carbocycles. The van der Waals surface area contributed by atoms with Crippen molar-refractivity contribution in [3.63, 3.8) is 0 Å². The van der Waals surface area contributed by atoms with Crippen LogP contribution in [0.3, 0.4) is 0 Å². The summed E-state index contributed by atoms with van der Waals surface area (Å²) in [6, 6.07) is 11.5. The molecule has 1 heterocycles. The van der Waals surface area contributed by atoms with Crippen LogP contribution in [0.2, 0.25) is 0 Å². The van der Waals surface area contributed by atoms with E-state index >= 15 is 0 Å². The molecule has 0 amide bonds. The third-order valence-corrected chi connectivity index (χ3v) is 5.73. The highest BCUT2D eigenvalue weighted by Gasteiger charge is 2.33. The first kappa shape index (κ1) is 15.0. The van der Waals surface area contributed by atoms with Gasteiger partial charge in [0.1, 0.15) is 6.04 Å². The Morgan fingerprint density at radius 2 is 1.91 bits per heavy atom. The van der Waals surface area contributed by atoms with Crippen molar-refractivity contribution in [3.05, 3.63) is 42.5 Å². The quantitative estimate of drug-likeness (QED) is 0.877. The first-order valence-electron chi connectivity index (χ1n) is 6.94. The molecule has 1 saturated heterocycles. The molecule has 1 aliphatic rings. The Hall–Kier alpha value is -1.96. The Balaban J connectivity index is 2.03. The Bertz CT molecular complexity index is 814. The summed E-state index contributed by atoms with van der Waals surface area (Å²) in [6.07, 6.45) is 0. The van der Waals surface area contributed by atoms with Crippen LogP contribution in [0.5, 0.6) is 0 Å². The van der Waals surface area contributed by atoms with Gasteiger partial charge in [-0.1, -0.05) is 36.4 Å². The number of nitrogens with zero attached hydrogens (tertiary/aromatic N) is 1. The number of fused-ring (bicyclic) bond motifs is 1. The Labute approximate surface area is 128 Å². The number of hydrogen-bond acceptors (Lipinski definition) is 4. The van der Waals surface area contributed by atoms with E-state index in [9.17, 15) is 13.2 Å². The van der Waals surface area contributed by atoms with Crippen molar-refractivity contribution in [2.24, 2.45) is 0 Å². The highest BCUT2D eigenvalue weighted by molar-refractivity contribution is 7.89. The smallest absolute Gasteiger partial charge is 0.322 e. The van der Waals surface area contributed by atoms with Crippen LogP contribution >= 0.6 is 0 Å². The predicted octanol–water partition coefficient (Wildman–Crippen LogP) is 0.887. The number of aliphatic carboxylic acids is 1. The molecule has 116 valence electrons. The second kappa shape index (κ2) is 5.68. The van der Waals surface area contributed by atoms with Crippen molar-refractivity contribution >= 4 is 26.8 Å². The van der Waals surface area contributed by atoms with Gasteiger partial charge in [-0.2, -0.15) is 4.31 Å². The third-order valence-electron chi connectivity index (χ3n) is 3.80. The van der Waals surface area contributed by atoms with E-state index in [0.717, 1.165) is 5.39 Å². The largest absolute Gasteiger partial charge is 0.480 e. The topological polar surface area (TPSA) is 86.7 Å². The Morgan fingerprint density at radius 3 is 2.68 bits per heavy atom. The van der Waals surface area contributed by atoms with E-state index in [2.05, 4.69) is 5.32 Å². The van der Waals surface area contributed by atoms with Crippen LogP contribution in [0, 0.1) is 0 Å². The molecule has 1 unspecified atom stereocenters. The third kappa shape index (κ3) is 2.58. The van der Waals surface area contributed by atoms with Gasteiger partial charge in [0, 0.05) is 25.0 Å². The van der Waals surface area contributed by atoms with Crippen LogP contribution in [-0.4, -0.2) is 49.5 Å². The SMILES string of the molecule is O=C(O)C1CN(S(=O)(=O)c2cccc3ccccc23)CCN1. The van der Waals surface area contributed by atoms with Gasteiger partial charge in [-0.15, -0.1) is 0 Å². The highest BCUT2D eigenvalue weighted by atomic mass is 32.2. The van der Waals surface area contributed by atoms with E-state index in [1.807, 2.05) is 18.2 Å². The lowest BCUT2D eigenvalue weighted by Gasteiger charge is -2.31. The number of benzene rings is 2. The van der Waals surface area contributed by atoms with Crippen molar-refractivity contribution in [1.82, 2.24) is 9.62 Å². The van der Waals surface area contributed by atoms with E-state index < -0.39 is 22.0 Å². The number of sulfonamides is 1. The number of carbonyl (C=O) groups is 1. The van der Waals surface area contributed by atoms with E-state index in [0.29, 0.717) is 11.9 Å². The molecule has 1 atom stereocenters. The molecule has 6 nitrogen and oxygen atoms in total. The number of nitrogens with one attached hydrogen (secondary N) is 1. The second-order valence-electron chi connectivity index (χ2n) is 5.19. The fourth-order valence-electron chi connectivity index (χ4n) is 2.67. The summed E-state index contributed by atoms with van der Waals surface area (Å²) in [4.78, 5) is 11.3. The van der Waals surface area contributed by atoms with Gasteiger partial charge in [-0.05, 0) is 11.5 Å². The normalized spacial score (nSPS) is 20.1. The number of piperazine rings is 1. The minimum Gasteiger partial charge on any atom is -0.480 e. The van der Waals surface area contributed by atoms with Crippen molar-refractivity contribution in [3.8, 4) is 0 Å². The fourth-order valence-corrected chi connectivity index (χ4v) is 4.34. The zero-order valence-electron chi connectivity index (χ0n) is 11.8. The van der Waals surface area contributed by atoms with Crippen LogP contribution in [0.15, 0.2) is 47.4 Å². The van der Waals surface area contributed by atoms with Gasteiger partial charge >= 0.3 is 5.97 Å². The molecule has 2 aromatic rings. The van der Waals surface area contributed by atoms with Crippen LogP contribution in [0.25, 0.3) is 10.8 Å².